The van der Waals surface area contributed by atoms with Crippen molar-refractivity contribution < 1.29 is 14.3 Å². The van der Waals surface area contributed by atoms with Gasteiger partial charge in [-0.05, 0) is 36.6 Å². The number of halogens is 1. The molecule has 0 aliphatic carbocycles. The Balaban J connectivity index is 1.69. The van der Waals surface area contributed by atoms with Crippen LogP contribution in [0.5, 0.6) is 0 Å². The first kappa shape index (κ1) is 16.1. The lowest BCUT2D eigenvalue weighted by atomic mass is 9.90. The van der Waals surface area contributed by atoms with Crippen LogP contribution in [-0.2, 0) is 11.3 Å². The van der Waals surface area contributed by atoms with Crippen LogP contribution in [0.15, 0.2) is 29.6 Å². The Morgan fingerprint density at radius 3 is 2.83 bits per heavy atom. The molecule has 0 bridgehead atoms. The predicted molar refractivity (Wildman–Crippen MR) is 87.7 cm³/mol. The van der Waals surface area contributed by atoms with Crippen molar-refractivity contribution in [3.8, 4) is 10.6 Å². The summed E-state index contributed by atoms with van der Waals surface area (Å²) in [4.78, 5) is 18.0. The first-order chi connectivity index (χ1) is 11.0. The molecule has 0 radical (unpaired) electrons. The standard InChI is InChI=1S/C17H19FN2O2S/c1-11-6-13(17(21)22)8-20(7-11)9-15-10-23-16(19-15)12-2-4-14(18)5-3-12/h2-5,10-11,13H,6-9H2,1H3,(H,21,22). The lowest BCUT2D eigenvalue weighted by Gasteiger charge is -2.34. The Hall–Kier alpha value is -1.79. The van der Waals surface area contributed by atoms with E-state index in [1.54, 1.807) is 12.1 Å². The van der Waals surface area contributed by atoms with E-state index in [0.29, 0.717) is 19.0 Å². The number of hydrogen-bond acceptors (Lipinski definition) is 4. The van der Waals surface area contributed by atoms with Gasteiger partial charge in [0.05, 0.1) is 11.6 Å². The van der Waals surface area contributed by atoms with Gasteiger partial charge in [0, 0.05) is 30.6 Å². The highest BCUT2D eigenvalue weighted by Crippen LogP contribution is 2.27. The van der Waals surface area contributed by atoms with Crippen LogP contribution in [0.3, 0.4) is 0 Å². The highest BCUT2D eigenvalue weighted by molar-refractivity contribution is 7.13. The van der Waals surface area contributed by atoms with Crippen LogP contribution < -0.4 is 0 Å². The summed E-state index contributed by atoms with van der Waals surface area (Å²) in [5, 5.41) is 12.1. The van der Waals surface area contributed by atoms with Crippen LogP contribution in [0.1, 0.15) is 19.0 Å². The minimum Gasteiger partial charge on any atom is -0.481 e. The van der Waals surface area contributed by atoms with Crippen molar-refractivity contribution in [2.75, 3.05) is 13.1 Å². The zero-order valence-corrected chi connectivity index (χ0v) is 13.7. The smallest absolute Gasteiger partial charge is 0.307 e. The summed E-state index contributed by atoms with van der Waals surface area (Å²) in [5.41, 5.74) is 1.84. The molecule has 4 nitrogen and oxygen atoms in total. The molecule has 2 aromatic rings. The van der Waals surface area contributed by atoms with E-state index >= 15 is 0 Å². The summed E-state index contributed by atoms with van der Waals surface area (Å²) in [6, 6.07) is 6.31. The quantitative estimate of drug-likeness (QED) is 0.930. The minimum absolute atomic E-state index is 0.257. The molecule has 1 aliphatic rings. The highest BCUT2D eigenvalue weighted by atomic mass is 32.1. The third-order valence-electron chi connectivity index (χ3n) is 4.11. The van der Waals surface area contributed by atoms with Crippen molar-refractivity contribution in [3.05, 3.63) is 41.2 Å². The average Bonchev–Trinajstić information content (AvgIpc) is 2.95. The normalized spacial score (nSPS) is 22.2. The van der Waals surface area contributed by atoms with E-state index in [1.165, 1.54) is 23.5 Å². The summed E-state index contributed by atoms with van der Waals surface area (Å²) in [6.07, 6.45) is 0.740. The molecule has 1 aromatic carbocycles. The zero-order chi connectivity index (χ0) is 16.4. The van der Waals surface area contributed by atoms with Crippen LogP contribution in [-0.4, -0.2) is 34.0 Å². The van der Waals surface area contributed by atoms with Gasteiger partial charge in [-0.15, -0.1) is 11.3 Å². The largest absolute Gasteiger partial charge is 0.481 e. The molecule has 1 aliphatic heterocycles. The number of carboxylic acids is 1. The number of hydrogen-bond donors (Lipinski definition) is 1. The molecule has 2 heterocycles. The van der Waals surface area contributed by atoms with Crippen molar-refractivity contribution in [1.29, 1.82) is 0 Å². The number of carboxylic acid groups (broad SMARTS) is 1. The molecule has 3 rings (SSSR count). The van der Waals surface area contributed by atoms with Crippen molar-refractivity contribution in [2.24, 2.45) is 11.8 Å². The predicted octanol–water partition coefficient (Wildman–Crippen LogP) is 3.49. The van der Waals surface area contributed by atoms with E-state index in [1.807, 2.05) is 5.38 Å². The lowest BCUT2D eigenvalue weighted by molar-refractivity contribution is -0.144. The van der Waals surface area contributed by atoms with Crippen molar-refractivity contribution in [2.45, 2.75) is 19.9 Å². The van der Waals surface area contributed by atoms with Crippen LogP contribution in [0, 0.1) is 17.7 Å². The second-order valence-corrected chi connectivity index (χ2v) is 7.08. The van der Waals surface area contributed by atoms with Gasteiger partial charge in [-0.1, -0.05) is 6.92 Å². The van der Waals surface area contributed by atoms with Crippen LogP contribution in [0.2, 0.25) is 0 Å². The average molecular weight is 334 g/mol. The van der Waals surface area contributed by atoms with Crippen LogP contribution >= 0.6 is 11.3 Å². The van der Waals surface area contributed by atoms with Crippen LogP contribution in [0.25, 0.3) is 10.6 Å². The molecule has 1 aromatic heterocycles. The van der Waals surface area contributed by atoms with Gasteiger partial charge in [0.25, 0.3) is 0 Å². The second kappa shape index (κ2) is 6.76. The highest BCUT2D eigenvalue weighted by Gasteiger charge is 2.29. The molecule has 6 heteroatoms. The monoisotopic (exact) mass is 334 g/mol. The van der Waals surface area contributed by atoms with Gasteiger partial charge in [-0.25, -0.2) is 9.37 Å². The summed E-state index contributed by atoms with van der Waals surface area (Å²) in [6.45, 7) is 4.22. The zero-order valence-electron chi connectivity index (χ0n) is 12.9. The number of nitrogens with zero attached hydrogens (tertiary/aromatic N) is 2. The van der Waals surface area contributed by atoms with Crippen molar-refractivity contribution >= 4 is 17.3 Å². The molecule has 2 unspecified atom stereocenters. The van der Waals surface area contributed by atoms with Crippen molar-refractivity contribution in [1.82, 2.24) is 9.88 Å². The number of thiazole rings is 1. The maximum absolute atomic E-state index is 13.0. The van der Waals surface area contributed by atoms with E-state index in [2.05, 4.69) is 16.8 Å². The molecule has 0 spiro atoms. The Morgan fingerprint density at radius 1 is 1.39 bits per heavy atom. The minimum atomic E-state index is -0.716. The van der Waals surface area contributed by atoms with Gasteiger partial charge >= 0.3 is 5.97 Å². The molecule has 122 valence electrons. The summed E-state index contributed by atoms with van der Waals surface area (Å²) >= 11 is 1.53. The van der Waals surface area contributed by atoms with Crippen molar-refractivity contribution in [3.63, 3.8) is 0 Å². The lowest BCUT2D eigenvalue weighted by Crippen LogP contribution is -2.42. The van der Waals surface area contributed by atoms with Gasteiger partial charge in [0.2, 0.25) is 0 Å². The van der Waals surface area contributed by atoms with E-state index in [4.69, 9.17) is 0 Å². The molecule has 2 atom stereocenters. The number of rotatable bonds is 4. The molecule has 23 heavy (non-hydrogen) atoms. The molecule has 1 fully saturated rings. The van der Waals surface area contributed by atoms with Gasteiger partial charge in [-0.2, -0.15) is 0 Å². The molecular formula is C17H19FN2O2S. The first-order valence-corrected chi connectivity index (χ1v) is 8.54. The number of carbonyl (C=O) groups is 1. The number of aromatic nitrogens is 1. The van der Waals surface area contributed by atoms with E-state index in [-0.39, 0.29) is 11.7 Å². The molecule has 0 saturated carbocycles. The number of piperidine rings is 1. The fraction of sp³-hybridized carbons (Fsp3) is 0.412. The first-order valence-electron chi connectivity index (χ1n) is 7.67. The summed E-state index contributed by atoms with van der Waals surface area (Å²) < 4.78 is 13.0. The topological polar surface area (TPSA) is 53.4 Å². The number of likely N-dealkylation sites (tertiary alicyclic amines) is 1. The Morgan fingerprint density at radius 2 is 2.13 bits per heavy atom. The van der Waals surface area contributed by atoms with Gasteiger partial charge < -0.3 is 5.11 Å². The Labute approximate surface area is 138 Å². The Bertz CT molecular complexity index is 686. The molecule has 1 N–H and O–H groups in total. The van der Waals surface area contributed by atoms with E-state index < -0.39 is 5.97 Å². The summed E-state index contributed by atoms with van der Waals surface area (Å²) in [7, 11) is 0. The maximum atomic E-state index is 13.0. The summed E-state index contributed by atoms with van der Waals surface area (Å²) in [5.74, 6) is -0.895. The second-order valence-electron chi connectivity index (χ2n) is 6.22. The number of aliphatic carboxylic acids is 1. The van der Waals surface area contributed by atoms with E-state index in [0.717, 1.165) is 29.2 Å². The fourth-order valence-electron chi connectivity index (χ4n) is 3.10. The van der Waals surface area contributed by atoms with Crippen LogP contribution in [0.4, 0.5) is 4.39 Å². The maximum Gasteiger partial charge on any atom is 0.307 e. The van der Waals surface area contributed by atoms with Gasteiger partial charge in [0.1, 0.15) is 10.8 Å². The SMILES string of the molecule is CC1CC(C(=O)O)CN(Cc2csc(-c3ccc(F)cc3)n2)C1. The molecule has 0 amide bonds. The van der Waals surface area contributed by atoms with E-state index in [9.17, 15) is 14.3 Å². The fourth-order valence-corrected chi connectivity index (χ4v) is 3.92. The third kappa shape index (κ3) is 3.95. The Kier molecular flexibility index (Phi) is 4.73. The molecular weight excluding hydrogens is 315 g/mol. The molecule has 1 saturated heterocycles. The number of benzene rings is 1. The van der Waals surface area contributed by atoms with Gasteiger partial charge in [-0.3, -0.25) is 9.69 Å². The third-order valence-corrected chi connectivity index (χ3v) is 5.05. The van der Waals surface area contributed by atoms with Gasteiger partial charge in [0.15, 0.2) is 0 Å².